The Morgan fingerprint density at radius 3 is 2.83 bits per heavy atom. The third-order valence-electron chi connectivity index (χ3n) is 4.92. The van der Waals surface area contributed by atoms with Gasteiger partial charge in [-0.25, -0.2) is 9.97 Å². The first-order chi connectivity index (χ1) is 14.0. The predicted octanol–water partition coefficient (Wildman–Crippen LogP) is 4.64. The summed E-state index contributed by atoms with van der Waals surface area (Å²) in [5, 5.41) is 2.63. The molecule has 1 aliphatic heterocycles. The molecular weight excluding hydrogens is 408 g/mol. The molecule has 1 amide bonds. The van der Waals surface area contributed by atoms with E-state index in [9.17, 15) is 4.79 Å². The number of aryl methyl sites for hydroxylation is 1. The highest BCUT2D eigenvalue weighted by Crippen LogP contribution is 2.27. The predicted molar refractivity (Wildman–Crippen MR) is 115 cm³/mol. The van der Waals surface area contributed by atoms with Crippen molar-refractivity contribution < 1.29 is 9.53 Å². The fourth-order valence-corrected chi connectivity index (χ4v) is 4.17. The molecule has 6 nitrogen and oxygen atoms in total. The maximum Gasteiger partial charge on any atom is 0.264 e. The van der Waals surface area contributed by atoms with E-state index in [0.717, 1.165) is 16.3 Å². The molecule has 29 heavy (non-hydrogen) atoms. The SMILES string of the molecule is Cc1cc(Oc2cc(N3CCN(C(=O)c4cccs4)[C@@H](C)C3)ncn2)ccc1Cl. The Hall–Kier alpha value is -2.64. The first kappa shape index (κ1) is 19.7. The molecule has 0 aliphatic carbocycles. The first-order valence-electron chi connectivity index (χ1n) is 9.37. The second kappa shape index (κ2) is 8.39. The van der Waals surface area contributed by atoms with E-state index in [-0.39, 0.29) is 11.9 Å². The van der Waals surface area contributed by atoms with Gasteiger partial charge in [-0.2, -0.15) is 0 Å². The summed E-state index contributed by atoms with van der Waals surface area (Å²) in [6.07, 6.45) is 1.50. The van der Waals surface area contributed by atoms with E-state index in [1.165, 1.54) is 17.7 Å². The normalized spacial score (nSPS) is 16.7. The van der Waals surface area contributed by atoms with Crippen LogP contribution in [0.2, 0.25) is 5.02 Å². The van der Waals surface area contributed by atoms with Crippen molar-refractivity contribution in [2.45, 2.75) is 19.9 Å². The van der Waals surface area contributed by atoms with Crippen LogP contribution in [0.25, 0.3) is 0 Å². The van der Waals surface area contributed by atoms with Gasteiger partial charge in [-0.3, -0.25) is 4.79 Å². The number of aromatic nitrogens is 2. The average Bonchev–Trinajstić information content (AvgIpc) is 3.25. The van der Waals surface area contributed by atoms with E-state index >= 15 is 0 Å². The van der Waals surface area contributed by atoms with Crippen molar-refractivity contribution in [1.29, 1.82) is 0 Å². The fraction of sp³-hybridized carbons (Fsp3) is 0.286. The minimum Gasteiger partial charge on any atom is -0.439 e. The summed E-state index contributed by atoms with van der Waals surface area (Å²) in [5.41, 5.74) is 0.943. The van der Waals surface area contributed by atoms with Gasteiger partial charge in [0.05, 0.1) is 4.88 Å². The lowest BCUT2D eigenvalue weighted by Crippen LogP contribution is -2.54. The lowest BCUT2D eigenvalue weighted by atomic mass is 10.2. The number of thiophene rings is 1. The van der Waals surface area contributed by atoms with Crippen LogP contribution >= 0.6 is 22.9 Å². The van der Waals surface area contributed by atoms with Gasteiger partial charge in [0.1, 0.15) is 17.9 Å². The van der Waals surface area contributed by atoms with Crippen molar-refractivity contribution >= 4 is 34.7 Å². The summed E-state index contributed by atoms with van der Waals surface area (Å²) in [7, 11) is 0. The van der Waals surface area contributed by atoms with Crippen LogP contribution in [0, 0.1) is 6.92 Å². The first-order valence-corrected chi connectivity index (χ1v) is 10.6. The van der Waals surface area contributed by atoms with Crippen molar-refractivity contribution in [2.75, 3.05) is 24.5 Å². The second-order valence-corrected chi connectivity index (χ2v) is 8.35. The number of carbonyl (C=O) groups is 1. The second-order valence-electron chi connectivity index (χ2n) is 7.00. The molecule has 0 spiro atoms. The average molecular weight is 429 g/mol. The standard InChI is InChI=1S/C21H21ClN4O2S/c1-14-10-16(5-6-17(14)22)28-20-11-19(23-13-24-20)25-7-8-26(15(2)12-25)21(27)18-4-3-9-29-18/h3-6,9-11,13,15H,7-8,12H2,1-2H3/t15-/m0/s1. The topological polar surface area (TPSA) is 58.6 Å². The van der Waals surface area contributed by atoms with Crippen LogP contribution < -0.4 is 9.64 Å². The number of carbonyl (C=O) groups excluding carboxylic acids is 1. The maximum atomic E-state index is 12.7. The third kappa shape index (κ3) is 4.36. The highest BCUT2D eigenvalue weighted by molar-refractivity contribution is 7.12. The van der Waals surface area contributed by atoms with Crippen molar-refractivity contribution in [1.82, 2.24) is 14.9 Å². The summed E-state index contributed by atoms with van der Waals surface area (Å²) >= 11 is 7.55. The Kier molecular flexibility index (Phi) is 5.69. The number of ether oxygens (including phenoxy) is 1. The highest BCUT2D eigenvalue weighted by Gasteiger charge is 2.29. The molecule has 8 heteroatoms. The highest BCUT2D eigenvalue weighted by atomic mass is 35.5. The molecule has 1 atom stereocenters. The number of amides is 1. The van der Waals surface area contributed by atoms with Crippen LogP contribution in [0.5, 0.6) is 11.6 Å². The number of hydrogen-bond donors (Lipinski definition) is 0. The van der Waals surface area contributed by atoms with Crippen LogP contribution in [0.15, 0.2) is 48.1 Å². The molecule has 0 saturated carbocycles. The quantitative estimate of drug-likeness (QED) is 0.605. The molecule has 0 unspecified atom stereocenters. The molecular formula is C21H21ClN4O2S. The van der Waals surface area contributed by atoms with Gasteiger partial charge in [0.25, 0.3) is 5.91 Å². The van der Waals surface area contributed by atoms with Crippen LogP contribution in [-0.4, -0.2) is 46.5 Å². The lowest BCUT2D eigenvalue weighted by molar-refractivity contribution is 0.0678. The number of benzene rings is 1. The summed E-state index contributed by atoms with van der Waals surface area (Å²) < 4.78 is 5.88. The third-order valence-corrected chi connectivity index (χ3v) is 6.21. The monoisotopic (exact) mass is 428 g/mol. The number of hydrogen-bond acceptors (Lipinski definition) is 6. The van der Waals surface area contributed by atoms with Crippen molar-refractivity contribution in [3.05, 3.63) is 63.6 Å². The number of halogens is 1. The van der Waals surface area contributed by atoms with Gasteiger partial charge < -0.3 is 14.5 Å². The number of piperazine rings is 1. The molecule has 0 bridgehead atoms. The molecule has 150 valence electrons. The summed E-state index contributed by atoms with van der Waals surface area (Å²) in [6, 6.07) is 11.2. The minimum absolute atomic E-state index is 0.0802. The lowest BCUT2D eigenvalue weighted by Gasteiger charge is -2.40. The number of rotatable bonds is 4. The van der Waals surface area contributed by atoms with E-state index in [1.54, 1.807) is 6.07 Å². The molecule has 1 aromatic carbocycles. The van der Waals surface area contributed by atoms with Crippen molar-refractivity contribution in [2.24, 2.45) is 0 Å². The van der Waals surface area contributed by atoms with Crippen molar-refractivity contribution in [3.8, 4) is 11.6 Å². The van der Waals surface area contributed by atoms with Gasteiger partial charge >= 0.3 is 0 Å². The van der Waals surface area contributed by atoms with E-state index in [1.807, 2.05) is 47.5 Å². The molecule has 1 fully saturated rings. The summed E-state index contributed by atoms with van der Waals surface area (Å²) in [5.74, 6) is 2.03. The molecule has 2 aromatic heterocycles. The van der Waals surface area contributed by atoms with E-state index in [4.69, 9.17) is 16.3 Å². The van der Waals surface area contributed by atoms with E-state index < -0.39 is 0 Å². The molecule has 1 aliphatic rings. The Balaban J connectivity index is 1.45. The Bertz CT molecular complexity index is 1010. The molecule has 1 saturated heterocycles. The number of anilines is 1. The van der Waals surface area contributed by atoms with Crippen molar-refractivity contribution in [3.63, 3.8) is 0 Å². The zero-order valence-corrected chi connectivity index (χ0v) is 17.8. The maximum absolute atomic E-state index is 12.7. The van der Waals surface area contributed by atoms with Gasteiger partial charge in [0, 0.05) is 36.8 Å². The van der Waals surface area contributed by atoms with Crippen LogP contribution in [0.3, 0.4) is 0 Å². The van der Waals surface area contributed by atoms with Gasteiger partial charge in [-0.05, 0) is 49.1 Å². The van der Waals surface area contributed by atoms with Gasteiger partial charge in [-0.15, -0.1) is 11.3 Å². The zero-order valence-electron chi connectivity index (χ0n) is 16.2. The van der Waals surface area contributed by atoms with Crippen LogP contribution in [0.1, 0.15) is 22.2 Å². The molecule has 0 N–H and O–H groups in total. The van der Waals surface area contributed by atoms with E-state index in [0.29, 0.717) is 36.3 Å². The van der Waals surface area contributed by atoms with Gasteiger partial charge in [0.2, 0.25) is 5.88 Å². The fourth-order valence-electron chi connectivity index (χ4n) is 3.37. The van der Waals surface area contributed by atoms with Gasteiger partial charge in [0.15, 0.2) is 0 Å². The smallest absolute Gasteiger partial charge is 0.264 e. The van der Waals surface area contributed by atoms with E-state index in [2.05, 4.69) is 21.8 Å². The summed E-state index contributed by atoms with van der Waals surface area (Å²) in [4.78, 5) is 26.2. The Morgan fingerprint density at radius 1 is 1.24 bits per heavy atom. The minimum atomic E-state index is 0.0802. The zero-order chi connectivity index (χ0) is 20.4. The molecule has 3 heterocycles. The Labute approximate surface area is 178 Å². The van der Waals surface area contributed by atoms with Crippen LogP contribution in [0.4, 0.5) is 5.82 Å². The van der Waals surface area contributed by atoms with Gasteiger partial charge in [-0.1, -0.05) is 17.7 Å². The number of nitrogens with zero attached hydrogens (tertiary/aromatic N) is 4. The summed E-state index contributed by atoms with van der Waals surface area (Å²) in [6.45, 7) is 6.05. The Morgan fingerprint density at radius 2 is 2.10 bits per heavy atom. The molecule has 0 radical (unpaired) electrons. The molecule has 4 rings (SSSR count). The largest absolute Gasteiger partial charge is 0.439 e. The van der Waals surface area contributed by atoms with Crippen LogP contribution in [-0.2, 0) is 0 Å². The molecule has 3 aromatic rings.